The fourth-order valence-electron chi connectivity index (χ4n) is 1.88. The summed E-state index contributed by atoms with van der Waals surface area (Å²) in [7, 11) is 0. The van der Waals surface area contributed by atoms with Crippen LogP contribution >= 0.6 is 12.6 Å². The SMILES string of the molecule is C=CCCN(C(C)=O)c1oc(S)c2ccccc12. The molecule has 18 heavy (non-hydrogen) atoms. The standard InChI is InChI=1S/C14H15NO2S/c1-3-4-9-15(10(2)16)13-11-7-5-6-8-12(11)14(18)17-13/h3,5-8,18H,1,4,9H2,2H3. The van der Waals surface area contributed by atoms with E-state index in [0.717, 1.165) is 17.2 Å². The van der Waals surface area contributed by atoms with Crippen LogP contribution in [0.4, 0.5) is 5.88 Å². The van der Waals surface area contributed by atoms with Crippen LogP contribution in [0.1, 0.15) is 13.3 Å². The van der Waals surface area contributed by atoms with E-state index in [0.29, 0.717) is 17.5 Å². The fraction of sp³-hybridized carbons (Fsp3) is 0.214. The van der Waals surface area contributed by atoms with Crippen molar-refractivity contribution in [2.45, 2.75) is 18.4 Å². The molecule has 0 bridgehead atoms. The molecule has 2 aromatic rings. The lowest BCUT2D eigenvalue weighted by Gasteiger charge is -2.17. The number of furan rings is 1. The van der Waals surface area contributed by atoms with Gasteiger partial charge in [0.25, 0.3) is 0 Å². The highest BCUT2D eigenvalue weighted by molar-refractivity contribution is 7.80. The molecule has 0 aliphatic heterocycles. The predicted octanol–water partition coefficient (Wildman–Crippen LogP) is 3.65. The van der Waals surface area contributed by atoms with Crippen molar-refractivity contribution in [1.29, 1.82) is 0 Å². The van der Waals surface area contributed by atoms with Crippen LogP contribution < -0.4 is 4.90 Å². The lowest BCUT2D eigenvalue weighted by Crippen LogP contribution is -2.28. The summed E-state index contributed by atoms with van der Waals surface area (Å²) in [6, 6.07) is 7.69. The molecule has 1 heterocycles. The summed E-state index contributed by atoms with van der Waals surface area (Å²) in [4.78, 5) is 13.3. The number of amides is 1. The Labute approximate surface area is 111 Å². The molecular formula is C14H15NO2S. The van der Waals surface area contributed by atoms with Gasteiger partial charge < -0.3 is 4.42 Å². The number of nitrogens with zero attached hydrogens (tertiary/aromatic N) is 1. The van der Waals surface area contributed by atoms with Crippen molar-refractivity contribution in [2.24, 2.45) is 0 Å². The maximum atomic E-state index is 11.7. The van der Waals surface area contributed by atoms with E-state index in [-0.39, 0.29) is 5.91 Å². The first-order valence-electron chi connectivity index (χ1n) is 5.74. The van der Waals surface area contributed by atoms with E-state index >= 15 is 0 Å². The molecule has 4 heteroatoms. The zero-order valence-corrected chi connectivity index (χ0v) is 11.1. The van der Waals surface area contributed by atoms with Crippen molar-refractivity contribution < 1.29 is 9.21 Å². The van der Waals surface area contributed by atoms with Gasteiger partial charge in [0, 0.05) is 24.2 Å². The summed E-state index contributed by atoms with van der Waals surface area (Å²) in [5.74, 6) is 0.509. The molecule has 2 rings (SSSR count). The van der Waals surface area contributed by atoms with Crippen LogP contribution in [-0.4, -0.2) is 12.5 Å². The minimum absolute atomic E-state index is 0.0512. The van der Waals surface area contributed by atoms with E-state index in [1.54, 1.807) is 11.0 Å². The van der Waals surface area contributed by atoms with Crippen LogP contribution in [0, 0.1) is 0 Å². The molecule has 0 N–H and O–H groups in total. The van der Waals surface area contributed by atoms with Crippen molar-refractivity contribution in [3.05, 3.63) is 36.9 Å². The second kappa shape index (κ2) is 5.31. The summed E-state index contributed by atoms with van der Waals surface area (Å²) in [6.07, 6.45) is 2.50. The first kappa shape index (κ1) is 12.8. The highest BCUT2D eigenvalue weighted by Crippen LogP contribution is 2.34. The summed E-state index contributed by atoms with van der Waals surface area (Å²) in [6.45, 7) is 5.75. The van der Waals surface area contributed by atoms with Crippen molar-refractivity contribution in [2.75, 3.05) is 11.4 Å². The average Bonchev–Trinajstić information content (AvgIpc) is 2.68. The molecule has 94 valence electrons. The molecule has 0 spiro atoms. The number of carbonyl (C=O) groups excluding carboxylic acids is 1. The number of anilines is 1. The Balaban J connectivity index is 2.50. The van der Waals surface area contributed by atoms with Crippen LogP contribution in [0.25, 0.3) is 10.8 Å². The van der Waals surface area contributed by atoms with Crippen LogP contribution in [-0.2, 0) is 4.79 Å². The van der Waals surface area contributed by atoms with Gasteiger partial charge in [-0.25, -0.2) is 0 Å². The van der Waals surface area contributed by atoms with Crippen molar-refractivity contribution in [1.82, 2.24) is 0 Å². The van der Waals surface area contributed by atoms with Gasteiger partial charge in [-0.1, -0.05) is 18.2 Å². The molecule has 1 aromatic heterocycles. The lowest BCUT2D eigenvalue weighted by atomic mass is 10.2. The summed E-state index contributed by atoms with van der Waals surface area (Å²) in [5.41, 5.74) is 0. The Morgan fingerprint density at radius 1 is 1.44 bits per heavy atom. The highest BCUT2D eigenvalue weighted by Gasteiger charge is 2.19. The minimum Gasteiger partial charge on any atom is -0.433 e. The monoisotopic (exact) mass is 261 g/mol. The normalized spacial score (nSPS) is 10.6. The van der Waals surface area contributed by atoms with Crippen molar-refractivity contribution in [3.63, 3.8) is 0 Å². The third kappa shape index (κ3) is 2.29. The maximum absolute atomic E-state index is 11.7. The number of fused-ring (bicyclic) bond motifs is 1. The van der Waals surface area contributed by atoms with Crippen molar-refractivity contribution >= 4 is 35.2 Å². The smallest absolute Gasteiger partial charge is 0.226 e. The van der Waals surface area contributed by atoms with Gasteiger partial charge in [-0.3, -0.25) is 9.69 Å². The zero-order chi connectivity index (χ0) is 13.1. The highest BCUT2D eigenvalue weighted by atomic mass is 32.1. The number of benzene rings is 1. The van der Waals surface area contributed by atoms with E-state index in [4.69, 9.17) is 4.42 Å². The third-order valence-corrected chi connectivity index (χ3v) is 3.10. The van der Waals surface area contributed by atoms with E-state index in [2.05, 4.69) is 19.2 Å². The number of carbonyl (C=O) groups is 1. The van der Waals surface area contributed by atoms with Crippen molar-refractivity contribution in [3.8, 4) is 0 Å². The Morgan fingerprint density at radius 3 is 2.72 bits per heavy atom. The molecule has 1 aromatic carbocycles. The lowest BCUT2D eigenvalue weighted by molar-refractivity contribution is -0.116. The first-order valence-corrected chi connectivity index (χ1v) is 6.19. The quantitative estimate of drug-likeness (QED) is 0.673. The third-order valence-electron chi connectivity index (χ3n) is 2.76. The fourth-order valence-corrected chi connectivity index (χ4v) is 2.16. The molecule has 0 saturated carbocycles. The van der Waals surface area contributed by atoms with E-state index < -0.39 is 0 Å². The van der Waals surface area contributed by atoms with Gasteiger partial charge >= 0.3 is 0 Å². The zero-order valence-electron chi connectivity index (χ0n) is 10.2. The van der Waals surface area contributed by atoms with E-state index in [1.165, 1.54) is 6.92 Å². The summed E-state index contributed by atoms with van der Waals surface area (Å²) in [5, 5.41) is 2.35. The Kier molecular flexibility index (Phi) is 3.77. The minimum atomic E-state index is -0.0512. The van der Waals surface area contributed by atoms with Crippen LogP contribution in [0.15, 0.2) is 46.4 Å². The summed E-state index contributed by atoms with van der Waals surface area (Å²) >= 11 is 4.30. The van der Waals surface area contributed by atoms with Gasteiger partial charge in [0.15, 0.2) is 5.09 Å². The van der Waals surface area contributed by atoms with Crippen LogP contribution in [0.2, 0.25) is 0 Å². The van der Waals surface area contributed by atoms with E-state index in [1.807, 2.05) is 24.3 Å². The van der Waals surface area contributed by atoms with Gasteiger partial charge in [0.1, 0.15) is 0 Å². The molecular weight excluding hydrogens is 246 g/mol. The molecule has 1 amide bonds. The number of rotatable bonds is 4. The molecule has 0 aliphatic carbocycles. The second-order valence-electron chi connectivity index (χ2n) is 4.01. The van der Waals surface area contributed by atoms with Gasteiger partial charge in [-0.2, -0.15) is 0 Å². The Bertz CT molecular complexity index is 588. The Hall–Kier alpha value is -1.68. The average molecular weight is 261 g/mol. The number of hydrogen-bond donors (Lipinski definition) is 1. The first-order chi connectivity index (χ1) is 8.65. The largest absolute Gasteiger partial charge is 0.433 e. The van der Waals surface area contributed by atoms with Gasteiger partial charge in [0.05, 0.1) is 0 Å². The van der Waals surface area contributed by atoms with Gasteiger partial charge in [-0.05, 0) is 18.6 Å². The van der Waals surface area contributed by atoms with E-state index in [9.17, 15) is 4.79 Å². The van der Waals surface area contributed by atoms with Crippen LogP contribution in [0.5, 0.6) is 0 Å². The summed E-state index contributed by atoms with van der Waals surface area (Å²) < 4.78 is 5.62. The number of thiol groups is 1. The second-order valence-corrected chi connectivity index (χ2v) is 4.41. The Morgan fingerprint density at radius 2 is 2.11 bits per heavy atom. The molecule has 3 nitrogen and oxygen atoms in total. The van der Waals surface area contributed by atoms with Crippen LogP contribution in [0.3, 0.4) is 0 Å². The predicted molar refractivity (Wildman–Crippen MR) is 76.3 cm³/mol. The molecule has 0 radical (unpaired) electrons. The van der Waals surface area contributed by atoms with Gasteiger partial charge in [-0.15, -0.1) is 19.2 Å². The maximum Gasteiger partial charge on any atom is 0.226 e. The molecule has 0 atom stereocenters. The molecule has 0 aliphatic rings. The molecule has 0 fully saturated rings. The number of hydrogen-bond acceptors (Lipinski definition) is 3. The molecule has 0 saturated heterocycles. The topological polar surface area (TPSA) is 33.5 Å². The van der Waals surface area contributed by atoms with Gasteiger partial charge in [0.2, 0.25) is 11.8 Å². The molecule has 0 unspecified atom stereocenters.